The normalized spacial score (nSPS) is 56.4. The van der Waals surface area contributed by atoms with Crippen LogP contribution in [-0.4, -0.2) is 202 Å². The molecule has 0 spiro atoms. The third-order valence-corrected chi connectivity index (χ3v) is 20.0. The highest BCUT2D eigenvalue weighted by Gasteiger charge is 2.71. The third-order valence-electron chi connectivity index (χ3n) is 20.0. The lowest BCUT2D eigenvalue weighted by molar-refractivity contribution is -0.396. The second-order valence-corrected chi connectivity index (χ2v) is 23.3. The Morgan fingerprint density at radius 3 is 1.88 bits per heavy atom. The molecule has 0 bridgehead atoms. The van der Waals surface area contributed by atoms with Crippen molar-refractivity contribution in [3.05, 3.63) is 11.6 Å². The van der Waals surface area contributed by atoms with Crippen molar-refractivity contribution in [2.75, 3.05) is 13.2 Å². The van der Waals surface area contributed by atoms with E-state index in [0.29, 0.717) is 44.9 Å². The number of carboxylic acid groups (broad SMARTS) is 2. The molecule has 4 saturated carbocycles. The summed E-state index contributed by atoms with van der Waals surface area (Å²) in [6, 6.07) is 0. The van der Waals surface area contributed by atoms with E-state index in [-0.39, 0.29) is 36.2 Å². The number of aliphatic hydroxyl groups is 11. The maximum absolute atomic E-state index is 12.7. The third kappa shape index (κ3) is 7.90. The Labute approximate surface area is 400 Å². The molecule has 27 unspecified atom stereocenters. The molecule has 0 aromatic rings. The average molecular weight is 989 g/mol. The van der Waals surface area contributed by atoms with Gasteiger partial charge >= 0.3 is 11.9 Å². The fourth-order valence-corrected chi connectivity index (χ4v) is 15.1. The first-order chi connectivity index (χ1) is 32.1. The van der Waals surface area contributed by atoms with Crippen molar-refractivity contribution in [3.8, 4) is 0 Å². The predicted octanol–water partition coefficient (Wildman–Crippen LogP) is -1.26. The molecule has 3 saturated heterocycles. The minimum Gasteiger partial charge on any atom is -0.481 e. The quantitative estimate of drug-likeness (QED) is 0.0897. The summed E-state index contributed by atoms with van der Waals surface area (Å²) >= 11 is 0. The van der Waals surface area contributed by atoms with Gasteiger partial charge in [-0.1, -0.05) is 46.3 Å². The smallest absolute Gasteiger partial charge is 0.335 e. The van der Waals surface area contributed by atoms with Gasteiger partial charge in [0.15, 0.2) is 25.0 Å². The van der Waals surface area contributed by atoms with E-state index in [9.17, 15) is 76.0 Å². The number of carbonyl (C=O) groups is 2. The van der Waals surface area contributed by atoms with Crippen molar-refractivity contribution in [3.63, 3.8) is 0 Å². The van der Waals surface area contributed by atoms with E-state index in [0.717, 1.165) is 5.57 Å². The summed E-state index contributed by atoms with van der Waals surface area (Å²) < 4.78 is 36.0. The molecule has 5 aliphatic carbocycles. The summed E-state index contributed by atoms with van der Waals surface area (Å²) in [7, 11) is 0. The second kappa shape index (κ2) is 18.4. The summed E-state index contributed by atoms with van der Waals surface area (Å²) in [4.78, 5) is 25.2. The number of allylic oxidation sites excluding steroid dienone is 2. The molecule has 21 nitrogen and oxygen atoms in total. The van der Waals surface area contributed by atoms with Crippen molar-refractivity contribution in [2.45, 2.75) is 210 Å². The fourth-order valence-electron chi connectivity index (χ4n) is 15.1. The first-order valence-electron chi connectivity index (χ1n) is 24.5. The minimum absolute atomic E-state index is 0.0645. The van der Waals surface area contributed by atoms with Crippen LogP contribution in [0, 0.1) is 50.2 Å². The Balaban J connectivity index is 1.08. The van der Waals surface area contributed by atoms with Gasteiger partial charge in [0.2, 0.25) is 0 Å². The van der Waals surface area contributed by atoms with E-state index in [1.165, 1.54) is 13.8 Å². The van der Waals surface area contributed by atoms with Crippen LogP contribution >= 0.6 is 0 Å². The number of hydrogen-bond donors (Lipinski definition) is 13. The molecular formula is C48H76O21. The Bertz CT molecular complexity index is 1960. The molecule has 3 heterocycles. The van der Waals surface area contributed by atoms with E-state index in [1.807, 2.05) is 13.8 Å². The number of hydrogen-bond acceptors (Lipinski definition) is 19. The standard InChI is InChI=1S/C48H76O21/c1-19-26(51)28(53)32(57)39(64-19)68-34-29(54)27(52)22(17-49)65-40(34)69-35-31(56)30(55)33(38(60)61)67-41(35)66-25-11-12-44(3)23(46(25,5)18-50)10-13-48(7)24(44)9-8-20-21-16-45(4,42(62)63)37(59)36(58)43(21,2)14-15-47(20,48)6/h8,19,21-37,39-41,49-59H,9-18H2,1-7H3,(H,60,61)(H,62,63). The molecule has 69 heavy (non-hydrogen) atoms. The lowest BCUT2D eigenvalue weighted by atomic mass is 9.33. The van der Waals surface area contributed by atoms with Gasteiger partial charge in [0.1, 0.15) is 61.0 Å². The van der Waals surface area contributed by atoms with Crippen LogP contribution in [0.1, 0.15) is 99.8 Å². The van der Waals surface area contributed by atoms with Crippen LogP contribution in [0.15, 0.2) is 11.6 Å². The number of fused-ring (bicyclic) bond motifs is 7. The monoisotopic (exact) mass is 988 g/mol. The average Bonchev–Trinajstić information content (AvgIpc) is 3.30. The van der Waals surface area contributed by atoms with E-state index >= 15 is 0 Å². The molecule has 0 radical (unpaired) electrons. The van der Waals surface area contributed by atoms with Gasteiger partial charge < -0.3 is 94.8 Å². The number of aliphatic carboxylic acids is 2. The maximum Gasteiger partial charge on any atom is 0.335 e. The lowest BCUT2D eigenvalue weighted by Gasteiger charge is -2.72. The number of carboxylic acids is 2. The van der Waals surface area contributed by atoms with E-state index in [2.05, 4.69) is 26.8 Å². The molecule has 0 aromatic heterocycles. The first-order valence-corrected chi connectivity index (χ1v) is 24.5. The van der Waals surface area contributed by atoms with Crippen molar-refractivity contribution in [1.82, 2.24) is 0 Å². The summed E-state index contributed by atoms with van der Waals surface area (Å²) in [5, 5.41) is 141. The molecule has 0 amide bonds. The second-order valence-electron chi connectivity index (χ2n) is 23.3. The Morgan fingerprint density at radius 2 is 1.28 bits per heavy atom. The summed E-state index contributed by atoms with van der Waals surface area (Å²) in [6.45, 7) is 12.3. The van der Waals surface area contributed by atoms with Gasteiger partial charge in [-0.15, -0.1) is 0 Å². The zero-order chi connectivity index (χ0) is 50.9. The van der Waals surface area contributed by atoms with E-state index in [1.54, 1.807) is 0 Å². The van der Waals surface area contributed by atoms with Crippen molar-refractivity contribution in [1.29, 1.82) is 0 Å². The summed E-state index contributed by atoms with van der Waals surface area (Å²) in [5.74, 6) is -3.22. The van der Waals surface area contributed by atoms with Crippen LogP contribution < -0.4 is 0 Å². The molecule has 7 fully saturated rings. The highest BCUT2D eigenvalue weighted by Crippen LogP contribution is 2.76. The van der Waals surface area contributed by atoms with Gasteiger partial charge in [-0.2, -0.15) is 0 Å². The maximum atomic E-state index is 12.7. The van der Waals surface area contributed by atoms with Gasteiger partial charge in [-0.3, -0.25) is 4.79 Å². The molecule has 27 atom stereocenters. The fraction of sp³-hybridized carbons (Fsp3) is 0.917. The van der Waals surface area contributed by atoms with Crippen LogP contribution in [0.5, 0.6) is 0 Å². The summed E-state index contributed by atoms with van der Waals surface area (Å²) in [6.07, 6.45) is -23.8. The first kappa shape index (κ1) is 53.3. The van der Waals surface area contributed by atoms with Gasteiger partial charge in [-0.25, -0.2) is 4.79 Å². The predicted molar refractivity (Wildman–Crippen MR) is 234 cm³/mol. The van der Waals surface area contributed by atoms with Crippen LogP contribution in [0.4, 0.5) is 0 Å². The molecule has 8 rings (SSSR count). The van der Waals surface area contributed by atoms with Gasteiger partial charge in [-0.05, 0) is 99.2 Å². The SMILES string of the molecule is CC1OC(OC2C(OC3C(OC4CCC5(C)C(CCC6(C)C5CC=C5C7CC(C)(C(=O)O)C(O)C(O)C7(C)CCC56C)C4(C)CO)OC(C(=O)O)C(O)C3O)OC(CO)C(O)C2O)C(O)C(O)C1O. The van der Waals surface area contributed by atoms with Crippen molar-refractivity contribution >= 4 is 11.9 Å². The molecule has 13 N–H and O–H groups in total. The number of ether oxygens (including phenoxy) is 6. The molecule has 394 valence electrons. The number of rotatable bonds is 10. The molecule has 0 aromatic carbocycles. The molecular weight excluding hydrogens is 913 g/mol. The number of aliphatic hydroxyl groups excluding tert-OH is 11. The minimum atomic E-state index is -2.11. The Kier molecular flexibility index (Phi) is 14.2. The van der Waals surface area contributed by atoms with Crippen molar-refractivity contribution < 1.29 is 104 Å². The summed E-state index contributed by atoms with van der Waals surface area (Å²) in [5.41, 5.74) is -3.32. The highest BCUT2D eigenvalue weighted by atomic mass is 16.8. The van der Waals surface area contributed by atoms with Gasteiger partial charge in [0.05, 0.1) is 43.0 Å². The van der Waals surface area contributed by atoms with Crippen LogP contribution in [0.25, 0.3) is 0 Å². The van der Waals surface area contributed by atoms with Gasteiger partial charge in [0, 0.05) is 10.8 Å². The lowest BCUT2D eigenvalue weighted by Crippen LogP contribution is -2.69. The van der Waals surface area contributed by atoms with Crippen LogP contribution in [-0.2, 0) is 38.0 Å². The topological polar surface area (TPSA) is 353 Å². The largest absolute Gasteiger partial charge is 0.481 e. The zero-order valence-electron chi connectivity index (χ0n) is 40.4. The Morgan fingerprint density at radius 1 is 0.652 bits per heavy atom. The molecule has 21 heteroatoms. The van der Waals surface area contributed by atoms with Crippen LogP contribution in [0.2, 0.25) is 0 Å². The van der Waals surface area contributed by atoms with Crippen molar-refractivity contribution in [2.24, 2.45) is 50.2 Å². The Hall–Kier alpha value is -2.00. The zero-order valence-corrected chi connectivity index (χ0v) is 40.4. The molecule has 8 aliphatic rings. The highest BCUT2D eigenvalue weighted by molar-refractivity contribution is 5.75. The molecule has 3 aliphatic heterocycles. The van der Waals surface area contributed by atoms with E-state index in [4.69, 9.17) is 28.4 Å². The van der Waals surface area contributed by atoms with E-state index < -0.39 is 156 Å². The van der Waals surface area contributed by atoms with Gasteiger partial charge in [0.25, 0.3) is 0 Å². The van der Waals surface area contributed by atoms with Crippen LogP contribution in [0.3, 0.4) is 0 Å².